The average Bonchev–Trinajstić information content (AvgIpc) is 2.90. The number of benzene rings is 2. The number of amides is 1. The molecule has 2 heterocycles. The van der Waals surface area contributed by atoms with Crippen LogP contribution in [0.3, 0.4) is 0 Å². The maximum Gasteiger partial charge on any atom is 0.231 e. The Bertz CT molecular complexity index is 802. The number of hydrogen-bond acceptors (Lipinski definition) is 1. The van der Waals surface area contributed by atoms with Crippen LogP contribution in [-0.2, 0) is 11.2 Å². The summed E-state index contributed by atoms with van der Waals surface area (Å²) in [7, 11) is 2.25. The summed E-state index contributed by atoms with van der Waals surface area (Å²) in [6.45, 7) is 4.36. The van der Waals surface area contributed by atoms with Crippen LogP contribution in [0.5, 0.6) is 0 Å². The van der Waals surface area contributed by atoms with E-state index in [0.717, 1.165) is 30.8 Å². The summed E-state index contributed by atoms with van der Waals surface area (Å²) in [5, 5.41) is 0.705. The van der Waals surface area contributed by atoms with E-state index in [1.165, 1.54) is 11.1 Å². The molecule has 2 aliphatic rings. The molecule has 1 fully saturated rings. The summed E-state index contributed by atoms with van der Waals surface area (Å²) < 4.78 is 0. The molecule has 0 bridgehead atoms. The number of anilines is 1. The molecule has 130 valence electrons. The molecule has 0 radical (unpaired) electrons. The molecule has 4 heteroatoms. The number of carbonyl (C=O) groups excluding carboxylic acids is 1. The van der Waals surface area contributed by atoms with Gasteiger partial charge < -0.3 is 9.80 Å². The van der Waals surface area contributed by atoms with Gasteiger partial charge in [-0.15, -0.1) is 0 Å². The second-order valence-electron chi connectivity index (χ2n) is 7.50. The molecule has 2 aliphatic heterocycles. The highest BCUT2D eigenvalue weighted by atomic mass is 35.5. The third kappa shape index (κ3) is 3.07. The van der Waals surface area contributed by atoms with E-state index in [-0.39, 0.29) is 5.91 Å². The molecule has 1 unspecified atom stereocenters. The van der Waals surface area contributed by atoms with E-state index < -0.39 is 0 Å². The van der Waals surface area contributed by atoms with E-state index in [1.54, 1.807) is 4.90 Å². The number of quaternary nitrogens is 1. The summed E-state index contributed by atoms with van der Waals surface area (Å²) in [4.78, 5) is 16.8. The van der Waals surface area contributed by atoms with Crippen LogP contribution in [0.1, 0.15) is 29.0 Å². The van der Waals surface area contributed by atoms with Crippen molar-refractivity contribution in [2.45, 2.75) is 31.7 Å². The lowest BCUT2D eigenvalue weighted by Crippen LogP contribution is -3.11. The first-order valence-corrected chi connectivity index (χ1v) is 9.39. The standard InChI is InChI=1S/C21H23ClN2O/c1-14-3-8-19-17(11-14)18-13-23(2)10-9-20(18)24(19)21(25)12-15-4-6-16(22)7-5-15/h3-8,11,18,20H,9-10,12-13H2,1-2H3/p+1/t18-,20+/m1/s1. The lowest BCUT2D eigenvalue weighted by molar-refractivity contribution is -0.886. The van der Waals surface area contributed by atoms with Crippen LogP contribution in [0.2, 0.25) is 5.02 Å². The molecule has 3 nitrogen and oxygen atoms in total. The number of carbonyl (C=O) groups is 1. The molecular weight excluding hydrogens is 332 g/mol. The molecule has 0 aromatic heterocycles. The molecule has 1 N–H and O–H groups in total. The zero-order chi connectivity index (χ0) is 17.6. The number of likely N-dealkylation sites (tertiary alicyclic amines) is 1. The van der Waals surface area contributed by atoms with Gasteiger partial charge in [-0.05, 0) is 36.2 Å². The minimum absolute atomic E-state index is 0.194. The first kappa shape index (κ1) is 16.6. The highest BCUT2D eigenvalue weighted by Gasteiger charge is 2.45. The van der Waals surface area contributed by atoms with Crippen molar-refractivity contribution in [3.8, 4) is 0 Å². The van der Waals surface area contributed by atoms with Crippen LogP contribution in [-0.4, -0.2) is 32.1 Å². The van der Waals surface area contributed by atoms with Gasteiger partial charge in [0.05, 0.1) is 38.5 Å². The number of fused-ring (bicyclic) bond motifs is 3. The van der Waals surface area contributed by atoms with Crippen LogP contribution in [0.4, 0.5) is 5.69 Å². The Kier molecular flexibility index (Phi) is 4.30. The predicted molar refractivity (Wildman–Crippen MR) is 102 cm³/mol. The summed E-state index contributed by atoms with van der Waals surface area (Å²) in [5.41, 5.74) is 4.76. The zero-order valence-electron chi connectivity index (χ0n) is 14.8. The quantitative estimate of drug-likeness (QED) is 0.880. The maximum absolute atomic E-state index is 13.2. The lowest BCUT2D eigenvalue weighted by atomic mass is 9.89. The number of rotatable bonds is 2. The third-order valence-electron chi connectivity index (χ3n) is 5.61. The second-order valence-corrected chi connectivity index (χ2v) is 7.94. The molecule has 0 saturated carbocycles. The molecular formula is C21H24ClN2O+. The van der Waals surface area contributed by atoms with E-state index in [9.17, 15) is 4.79 Å². The van der Waals surface area contributed by atoms with Gasteiger partial charge in [0.2, 0.25) is 5.91 Å². The van der Waals surface area contributed by atoms with Gasteiger partial charge in [0.25, 0.3) is 0 Å². The van der Waals surface area contributed by atoms with Crippen molar-refractivity contribution >= 4 is 23.2 Å². The third-order valence-corrected chi connectivity index (χ3v) is 5.86. The average molecular weight is 356 g/mol. The van der Waals surface area contributed by atoms with E-state index >= 15 is 0 Å². The van der Waals surface area contributed by atoms with E-state index in [4.69, 9.17) is 11.6 Å². The smallest absolute Gasteiger partial charge is 0.231 e. The summed E-state index contributed by atoms with van der Waals surface area (Å²) in [6.07, 6.45) is 1.49. The second kappa shape index (κ2) is 6.47. The Morgan fingerprint density at radius 3 is 2.76 bits per heavy atom. The Hall–Kier alpha value is -1.84. The van der Waals surface area contributed by atoms with E-state index in [1.807, 2.05) is 24.3 Å². The molecule has 4 rings (SSSR count). The fourth-order valence-corrected chi connectivity index (χ4v) is 4.51. The SMILES string of the molecule is Cc1ccc2c(c1)[C@H]1C[NH+](C)CC[C@@H]1N2C(=O)Cc1ccc(Cl)cc1. The van der Waals surface area contributed by atoms with Crippen LogP contribution < -0.4 is 9.80 Å². The Labute approximate surface area is 154 Å². The topological polar surface area (TPSA) is 24.8 Å². The molecule has 1 amide bonds. The minimum Gasteiger partial charge on any atom is -0.337 e. The number of likely N-dealkylation sites (N-methyl/N-ethyl adjacent to an activating group) is 1. The predicted octanol–water partition coefficient (Wildman–Crippen LogP) is 2.61. The van der Waals surface area contributed by atoms with Gasteiger partial charge >= 0.3 is 0 Å². The van der Waals surface area contributed by atoms with Crippen molar-refractivity contribution in [2.75, 3.05) is 25.0 Å². The van der Waals surface area contributed by atoms with Gasteiger partial charge in [-0.1, -0.05) is 41.4 Å². The highest BCUT2D eigenvalue weighted by molar-refractivity contribution is 6.30. The maximum atomic E-state index is 13.2. The van der Waals surface area contributed by atoms with Gasteiger partial charge in [0, 0.05) is 17.1 Å². The fraction of sp³-hybridized carbons (Fsp3) is 0.381. The largest absolute Gasteiger partial charge is 0.337 e. The van der Waals surface area contributed by atoms with Crippen LogP contribution in [0, 0.1) is 6.92 Å². The molecule has 0 spiro atoms. The first-order chi connectivity index (χ1) is 12.0. The molecule has 0 aliphatic carbocycles. The van der Waals surface area contributed by atoms with Crippen molar-refractivity contribution in [1.29, 1.82) is 0 Å². The van der Waals surface area contributed by atoms with Crippen LogP contribution in [0.15, 0.2) is 42.5 Å². The minimum atomic E-state index is 0.194. The van der Waals surface area contributed by atoms with Gasteiger partial charge in [-0.25, -0.2) is 0 Å². The number of piperidine rings is 1. The summed E-state index contributed by atoms with van der Waals surface area (Å²) in [6, 6.07) is 14.4. The molecule has 25 heavy (non-hydrogen) atoms. The van der Waals surface area contributed by atoms with Gasteiger partial charge in [0.15, 0.2) is 0 Å². The molecule has 3 atom stereocenters. The molecule has 2 aromatic carbocycles. The summed E-state index contributed by atoms with van der Waals surface area (Å²) >= 11 is 5.96. The van der Waals surface area contributed by atoms with Gasteiger partial charge in [-0.3, -0.25) is 4.79 Å². The van der Waals surface area contributed by atoms with Crippen molar-refractivity contribution < 1.29 is 9.69 Å². The number of hydrogen-bond donors (Lipinski definition) is 1. The lowest BCUT2D eigenvalue weighted by Gasteiger charge is -2.34. The van der Waals surface area contributed by atoms with Crippen molar-refractivity contribution in [3.05, 3.63) is 64.2 Å². The Morgan fingerprint density at radius 2 is 2.00 bits per heavy atom. The van der Waals surface area contributed by atoms with E-state index in [2.05, 4.69) is 37.1 Å². The van der Waals surface area contributed by atoms with Crippen LogP contribution >= 0.6 is 11.6 Å². The fourth-order valence-electron chi connectivity index (χ4n) is 4.39. The Balaban J connectivity index is 1.66. The molecule has 1 saturated heterocycles. The van der Waals surface area contributed by atoms with Crippen LogP contribution in [0.25, 0.3) is 0 Å². The first-order valence-electron chi connectivity index (χ1n) is 9.01. The van der Waals surface area contributed by atoms with Crippen molar-refractivity contribution in [3.63, 3.8) is 0 Å². The normalized spacial score (nSPS) is 24.8. The van der Waals surface area contributed by atoms with Crippen molar-refractivity contribution in [1.82, 2.24) is 0 Å². The van der Waals surface area contributed by atoms with Crippen molar-refractivity contribution in [2.24, 2.45) is 0 Å². The Morgan fingerprint density at radius 1 is 1.24 bits per heavy atom. The molecule has 2 aromatic rings. The van der Waals surface area contributed by atoms with E-state index in [0.29, 0.717) is 23.4 Å². The zero-order valence-corrected chi connectivity index (χ0v) is 15.5. The van der Waals surface area contributed by atoms with Gasteiger partial charge in [0.1, 0.15) is 0 Å². The monoisotopic (exact) mass is 355 g/mol. The summed E-state index contributed by atoms with van der Waals surface area (Å²) in [5.74, 6) is 0.650. The highest BCUT2D eigenvalue weighted by Crippen LogP contribution is 2.43. The number of halogens is 1. The van der Waals surface area contributed by atoms with Gasteiger partial charge in [-0.2, -0.15) is 0 Å². The number of nitrogens with zero attached hydrogens (tertiary/aromatic N) is 1. The number of nitrogens with one attached hydrogen (secondary N) is 1. The number of aryl methyl sites for hydroxylation is 1.